The van der Waals surface area contributed by atoms with Crippen LogP contribution in [0.4, 0.5) is 0 Å². The first-order valence-corrected chi connectivity index (χ1v) is 9.11. The normalized spacial score (nSPS) is 41.0. The first-order chi connectivity index (χ1) is 12.7. The molecule has 0 aromatic carbocycles. The Morgan fingerprint density at radius 1 is 1.52 bits per heavy atom. The molecular weight excluding hydrogens is 352 g/mol. The van der Waals surface area contributed by atoms with E-state index < -0.39 is 41.8 Å². The molecule has 148 valence electrons. The minimum Gasteiger partial charge on any atom is -0.458 e. The van der Waals surface area contributed by atoms with Gasteiger partial charge in [0.25, 0.3) is 0 Å². The second kappa shape index (κ2) is 7.22. The van der Waals surface area contributed by atoms with E-state index in [1.807, 2.05) is 0 Å². The third-order valence-corrected chi connectivity index (χ3v) is 5.79. The van der Waals surface area contributed by atoms with Crippen LogP contribution in [0.25, 0.3) is 0 Å². The highest BCUT2D eigenvalue weighted by atomic mass is 16.6. The van der Waals surface area contributed by atoms with Crippen LogP contribution in [0.1, 0.15) is 33.6 Å². The molecule has 27 heavy (non-hydrogen) atoms. The monoisotopic (exact) mass is 378 g/mol. The second-order valence-corrected chi connectivity index (χ2v) is 7.53. The lowest BCUT2D eigenvalue weighted by atomic mass is 9.81. The molecule has 2 saturated heterocycles. The van der Waals surface area contributed by atoms with Crippen LogP contribution in [-0.2, 0) is 23.8 Å². The van der Waals surface area contributed by atoms with Crippen molar-refractivity contribution in [2.75, 3.05) is 6.61 Å². The average Bonchev–Trinajstić information content (AvgIpc) is 3.23. The number of fused-ring (bicyclic) bond motifs is 2. The Bertz CT molecular complexity index is 722. The fraction of sp³-hybridized carbons (Fsp3) is 0.600. The molecule has 0 radical (unpaired) electrons. The van der Waals surface area contributed by atoms with E-state index in [0.717, 1.165) is 0 Å². The van der Waals surface area contributed by atoms with Gasteiger partial charge >= 0.3 is 11.9 Å². The lowest BCUT2D eigenvalue weighted by Crippen LogP contribution is -2.40. The Labute approximate surface area is 158 Å². The van der Waals surface area contributed by atoms with Gasteiger partial charge in [0.05, 0.1) is 24.7 Å². The van der Waals surface area contributed by atoms with Gasteiger partial charge in [0, 0.05) is 24.0 Å². The van der Waals surface area contributed by atoms with Gasteiger partial charge in [-0.25, -0.2) is 9.59 Å². The number of hydrogen-bond acceptors (Lipinski definition) is 7. The molecule has 1 aliphatic carbocycles. The summed E-state index contributed by atoms with van der Waals surface area (Å²) in [5.41, 5.74) is 0.365. The standard InChI is InChI=1S/C20H26O7/c1-5-10(2)18(23)26-15-8-20(9-21)16(27-20)7-13(22)11(3)6-14-17(15)12(4)19(24)25-14/h5-6,13-17,21-22H,4,7-9H2,1-3H3/b10-5-,11-6-/t13-,14+,15+,16+,17-,20-/m0/s1. The van der Waals surface area contributed by atoms with Crippen molar-refractivity contribution in [3.05, 3.63) is 35.5 Å². The van der Waals surface area contributed by atoms with Crippen molar-refractivity contribution < 1.29 is 34.0 Å². The third kappa shape index (κ3) is 3.59. The number of epoxide rings is 1. The van der Waals surface area contributed by atoms with Gasteiger partial charge in [-0.3, -0.25) is 0 Å². The van der Waals surface area contributed by atoms with E-state index in [0.29, 0.717) is 17.6 Å². The number of carbonyl (C=O) groups is 2. The average molecular weight is 378 g/mol. The minimum atomic E-state index is -0.913. The Morgan fingerprint density at radius 2 is 2.22 bits per heavy atom. The van der Waals surface area contributed by atoms with Gasteiger partial charge < -0.3 is 24.4 Å². The third-order valence-electron chi connectivity index (χ3n) is 5.79. The predicted molar refractivity (Wildman–Crippen MR) is 95.5 cm³/mol. The molecule has 0 aromatic rings. The highest BCUT2D eigenvalue weighted by Gasteiger charge is 2.60. The van der Waals surface area contributed by atoms with Gasteiger partial charge in [-0.2, -0.15) is 0 Å². The van der Waals surface area contributed by atoms with Crippen LogP contribution in [0.15, 0.2) is 35.5 Å². The summed E-state index contributed by atoms with van der Waals surface area (Å²) < 4.78 is 16.8. The number of aliphatic hydroxyl groups excluding tert-OH is 2. The van der Waals surface area contributed by atoms with E-state index >= 15 is 0 Å². The summed E-state index contributed by atoms with van der Waals surface area (Å²) in [5, 5.41) is 20.3. The van der Waals surface area contributed by atoms with E-state index in [9.17, 15) is 19.8 Å². The van der Waals surface area contributed by atoms with Gasteiger partial charge in [-0.05, 0) is 32.4 Å². The van der Waals surface area contributed by atoms with Gasteiger partial charge in [0.15, 0.2) is 0 Å². The van der Waals surface area contributed by atoms with Crippen LogP contribution in [0.3, 0.4) is 0 Å². The first kappa shape index (κ1) is 19.8. The fourth-order valence-electron chi connectivity index (χ4n) is 3.77. The zero-order valence-corrected chi connectivity index (χ0v) is 15.8. The molecule has 6 atom stereocenters. The Balaban J connectivity index is 2.00. The molecule has 0 saturated carbocycles. The van der Waals surface area contributed by atoms with Crippen molar-refractivity contribution in [2.24, 2.45) is 5.92 Å². The molecule has 7 nitrogen and oxygen atoms in total. The number of hydrogen-bond donors (Lipinski definition) is 2. The molecule has 0 bridgehead atoms. The summed E-state index contributed by atoms with van der Waals surface area (Å²) in [4.78, 5) is 24.5. The number of allylic oxidation sites excluding steroid dienone is 1. The van der Waals surface area contributed by atoms with Gasteiger partial charge in [-0.1, -0.05) is 12.7 Å². The number of rotatable bonds is 3. The summed E-state index contributed by atoms with van der Waals surface area (Å²) in [6.07, 6.45) is 1.24. The maximum atomic E-state index is 12.4. The predicted octanol–water partition coefficient (Wildman–Crippen LogP) is 1.19. The molecule has 2 N–H and O–H groups in total. The van der Waals surface area contributed by atoms with Crippen molar-refractivity contribution >= 4 is 11.9 Å². The van der Waals surface area contributed by atoms with Crippen LogP contribution >= 0.6 is 0 Å². The zero-order chi connectivity index (χ0) is 19.9. The largest absolute Gasteiger partial charge is 0.458 e. The quantitative estimate of drug-likeness (QED) is 0.329. The zero-order valence-electron chi connectivity index (χ0n) is 15.8. The summed E-state index contributed by atoms with van der Waals surface area (Å²) in [6, 6.07) is 0. The van der Waals surface area contributed by atoms with Gasteiger partial charge in [0.2, 0.25) is 0 Å². The number of ether oxygens (including phenoxy) is 3. The van der Waals surface area contributed by atoms with E-state index in [-0.39, 0.29) is 24.7 Å². The van der Waals surface area contributed by atoms with Gasteiger partial charge in [0.1, 0.15) is 17.8 Å². The summed E-state index contributed by atoms with van der Waals surface area (Å²) in [7, 11) is 0. The van der Waals surface area contributed by atoms with E-state index in [1.165, 1.54) is 0 Å². The molecule has 7 heteroatoms. The fourth-order valence-corrected chi connectivity index (χ4v) is 3.77. The van der Waals surface area contributed by atoms with E-state index in [2.05, 4.69) is 6.58 Å². The van der Waals surface area contributed by atoms with Crippen molar-refractivity contribution in [3.63, 3.8) is 0 Å². The lowest BCUT2D eigenvalue weighted by molar-refractivity contribution is -0.148. The summed E-state index contributed by atoms with van der Waals surface area (Å²) in [6.45, 7) is 8.67. The molecule has 0 amide bonds. The molecule has 2 heterocycles. The first-order valence-electron chi connectivity index (χ1n) is 9.11. The topological polar surface area (TPSA) is 106 Å². The minimum absolute atomic E-state index is 0.188. The van der Waals surface area contributed by atoms with Crippen molar-refractivity contribution in [1.82, 2.24) is 0 Å². The van der Waals surface area contributed by atoms with Crippen LogP contribution in [0.2, 0.25) is 0 Å². The Kier molecular flexibility index (Phi) is 5.29. The van der Waals surface area contributed by atoms with Crippen LogP contribution in [-0.4, -0.2) is 58.8 Å². The van der Waals surface area contributed by atoms with E-state index in [4.69, 9.17) is 14.2 Å². The number of carbonyl (C=O) groups excluding carboxylic acids is 2. The molecule has 0 unspecified atom stereocenters. The highest BCUT2D eigenvalue weighted by Crippen LogP contribution is 2.48. The molecule has 0 aromatic heterocycles. The van der Waals surface area contributed by atoms with Crippen LogP contribution < -0.4 is 0 Å². The Morgan fingerprint density at radius 3 is 2.85 bits per heavy atom. The molecule has 2 fully saturated rings. The van der Waals surface area contributed by atoms with Crippen molar-refractivity contribution in [2.45, 2.75) is 63.6 Å². The van der Waals surface area contributed by atoms with Crippen molar-refractivity contribution in [1.29, 1.82) is 0 Å². The number of esters is 2. The second-order valence-electron chi connectivity index (χ2n) is 7.53. The maximum Gasteiger partial charge on any atom is 0.334 e. The van der Waals surface area contributed by atoms with Gasteiger partial charge in [-0.15, -0.1) is 0 Å². The molecule has 0 spiro atoms. The molecule has 2 aliphatic heterocycles. The van der Waals surface area contributed by atoms with Crippen LogP contribution in [0, 0.1) is 5.92 Å². The Hall–Kier alpha value is -1.96. The van der Waals surface area contributed by atoms with E-state index in [1.54, 1.807) is 32.9 Å². The summed E-state index contributed by atoms with van der Waals surface area (Å²) >= 11 is 0. The smallest absolute Gasteiger partial charge is 0.334 e. The maximum absolute atomic E-state index is 12.4. The number of aliphatic hydroxyl groups is 2. The molecular formula is C20H26O7. The van der Waals surface area contributed by atoms with Crippen LogP contribution in [0.5, 0.6) is 0 Å². The highest BCUT2D eigenvalue weighted by molar-refractivity contribution is 5.92. The SMILES string of the molecule is C=C1C(=O)O[C@@H]2/C=C(/C)[C@@H](O)C[C@H]3O[C@]3(CO)C[C@@H](OC(=O)/C(C)=C\C)[C@@H]12. The molecule has 3 rings (SSSR count). The van der Waals surface area contributed by atoms with Crippen molar-refractivity contribution in [3.8, 4) is 0 Å². The summed E-state index contributed by atoms with van der Waals surface area (Å²) in [5.74, 6) is -1.67. The molecule has 3 aliphatic rings. The lowest BCUT2D eigenvalue weighted by Gasteiger charge is -2.29.